The van der Waals surface area contributed by atoms with Crippen LogP contribution in [0.2, 0.25) is 0 Å². The number of fused-ring (bicyclic) bond motifs is 1. The fourth-order valence-electron chi connectivity index (χ4n) is 3.29. The molecule has 0 spiro atoms. The van der Waals surface area contributed by atoms with Crippen molar-refractivity contribution in [2.75, 3.05) is 19.7 Å². The lowest BCUT2D eigenvalue weighted by atomic mass is 10.1. The fourth-order valence-corrected chi connectivity index (χ4v) is 3.29. The third-order valence-electron chi connectivity index (χ3n) is 4.54. The van der Waals surface area contributed by atoms with Crippen LogP contribution in [0.3, 0.4) is 0 Å². The van der Waals surface area contributed by atoms with Crippen LogP contribution in [0, 0.1) is 6.92 Å². The third kappa shape index (κ3) is 3.42. The van der Waals surface area contributed by atoms with Crippen LogP contribution in [0.25, 0.3) is 10.8 Å². The number of aromatic nitrogens is 1. The number of hydrogen-bond donors (Lipinski definition) is 2. The van der Waals surface area contributed by atoms with Gasteiger partial charge in [0.1, 0.15) is 0 Å². The molecule has 2 N–H and O–H groups in total. The molecule has 0 saturated carbocycles. The number of nitrogens with zero attached hydrogens (tertiary/aromatic N) is 1. The average Bonchev–Trinajstić information content (AvgIpc) is 2.94. The fraction of sp³-hybridized carbons (Fsp3) is 0.471. The van der Waals surface area contributed by atoms with E-state index in [-0.39, 0.29) is 29.1 Å². The minimum atomic E-state index is -0.00803. The van der Waals surface area contributed by atoms with Crippen molar-refractivity contribution in [1.29, 1.82) is 0 Å². The minimum Gasteiger partial charge on any atom is -0.395 e. The smallest absolute Gasteiger partial charge is 0.256 e. The first-order valence-corrected chi connectivity index (χ1v) is 7.65. The molecule has 0 aliphatic carbocycles. The minimum absolute atomic E-state index is 0. The Labute approximate surface area is 140 Å². The lowest BCUT2D eigenvalue weighted by Gasteiger charge is -2.22. The Kier molecular flexibility index (Phi) is 5.78. The molecule has 0 amide bonds. The maximum atomic E-state index is 12.2. The van der Waals surface area contributed by atoms with Crippen molar-refractivity contribution in [3.63, 3.8) is 0 Å². The van der Waals surface area contributed by atoms with Crippen LogP contribution in [0.1, 0.15) is 24.1 Å². The van der Waals surface area contributed by atoms with Gasteiger partial charge in [-0.05, 0) is 49.4 Å². The first-order valence-electron chi connectivity index (χ1n) is 7.65. The van der Waals surface area contributed by atoms with E-state index in [0.29, 0.717) is 6.04 Å². The van der Waals surface area contributed by atoms with E-state index in [2.05, 4.69) is 16.0 Å². The number of aryl methyl sites for hydroxylation is 1. The maximum absolute atomic E-state index is 12.2. The summed E-state index contributed by atoms with van der Waals surface area (Å²) in [5, 5.41) is 11.2. The summed E-state index contributed by atoms with van der Waals surface area (Å²) in [4.78, 5) is 17.5. The number of rotatable bonds is 4. The predicted molar refractivity (Wildman–Crippen MR) is 95.0 cm³/mol. The second kappa shape index (κ2) is 7.40. The topological polar surface area (TPSA) is 56.3 Å². The van der Waals surface area contributed by atoms with Crippen molar-refractivity contribution in [1.82, 2.24) is 9.88 Å². The van der Waals surface area contributed by atoms with Crippen LogP contribution in [0.15, 0.2) is 29.1 Å². The van der Waals surface area contributed by atoms with Crippen LogP contribution in [0.5, 0.6) is 0 Å². The van der Waals surface area contributed by atoms with Crippen LogP contribution in [-0.2, 0) is 6.42 Å². The molecule has 1 unspecified atom stereocenters. The van der Waals surface area contributed by atoms with E-state index in [4.69, 9.17) is 0 Å². The molecule has 1 atom stereocenters. The number of nitrogens with one attached hydrogen (secondary N) is 1. The molecule has 5 heteroatoms. The average molecular weight is 367 g/mol. The molecule has 2 heterocycles. The summed E-state index contributed by atoms with van der Waals surface area (Å²) in [5.41, 5.74) is 2.10. The largest absolute Gasteiger partial charge is 0.395 e. The van der Waals surface area contributed by atoms with Gasteiger partial charge in [0.05, 0.1) is 6.61 Å². The van der Waals surface area contributed by atoms with Gasteiger partial charge in [0, 0.05) is 30.1 Å². The van der Waals surface area contributed by atoms with Crippen molar-refractivity contribution >= 4 is 27.8 Å². The Hall–Kier alpha value is -1.17. The molecule has 3 rings (SSSR count). The summed E-state index contributed by atoms with van der Waals surface area (Å²) in [7, 11) is 0. The molecule has 22 heavy (non-hydrogen) atoms. The number of halogens is 1. The van der Waals surface area contributed by atoms with Gasteiger partial charge in [-0.15, -0.1) is 17.0 Å². The molecule has 4 nitrogen and oxygen atoms in total. The van der Waals surface area contributed by atoms with Gasteiger partial charge in [-0.2, -0.15) is 0 Å². The van der Waals surface area contributed by atoms with Crippen molar-refractivity contribution in [3.05, 3.63) is 45.9 Å². The van der Waals surface area contributed by atoms with Crippen molar-refractivity contribution in [3.8, 4) is 0 Å². The number of benzene rings is 1. The summed E-state index contributed by atoms with van der Waals surface area (Å²) < 4.78 is 0. The summed E-state index contributed by atoms with van der Waals surface area (Å²) in [5.74, 6) is 0. The van der Waals surface area contributed by atoms with Gasteiger partial charge in [0.15, 0.2) is 0 Å². The normalized spacial score (nSPS) is 18.5. The molecule has 0 bridgehead atoms. The van der Waals surface area contributed by atoms with E-state index in [9.17, 15) is 9.90 Å². The summed E-state index contributed by atoms with van der Waals surface area (Å²) in [6.45, 7) is 4.20. The standard InChI is InChI=1S/C17H22N2O2.BrH/c1-12-4-2-6-15-16(12)10-13(18-17(15)21)7-9-19-8-3-5-14(19)11-20;/h2,4,6,10,14,20H,3,5,7-9,11H2,1H3,(H,18,21);1H. The number of likely N-dealkylation sites (tertiary alicyclic amines) is 1. The number of aliphatic hydroxyl groups excluding tert-OH is 1. The summed E-state index contributed by atoms with van der Waals surface area (Å²) >= 11 is 0. The Balaban J connectivity index is 0.00000176. The van der Waals surface area contributed by atoms with Gasteiger partial charge >= 0.3 is 0 Å². The molecule has 1 aromatic heterocycles. The molecule has 120 valence electrons. The number of pyridine rings is 1. The Morgan fingerprint density at radius 3 is 2.95 bits per heavy atom. The lowest BCUT2D eigenvalue weighted by Crippen LogP contribution is -2.34. The van der Waals surface area contributed by atoms with E-state index in [0.717, 1.165) is 54.4 Å². The van der Waals surface area contributed by atoms with E-state index in [1.807, 2.05) is 25.1 Å². The zero-order chi connectivity index (χ0) is 14.8. The number of aliphatic hydroxyl groups is 1. The lowest BCUT2D eigenvalue weighted by molar-refractivity contribution is 0.160. The van der Waals surface area contributed by atoms with E-state index in [1.54, 1.807) is 0 Å². The molecule has 1 saturated heterocycles. The maximum Gasteiger partial charge on any atom is 0.256 e. The van der Waals surface area contributed by atoms with Crippen LogP contribution < -0.4 is 5.56 Å². The first kappa shape index (κ1) is 17.2. The van der Waals surface area contributed by atoms with Crippen molar-refractivity contribution in [2.24, 2.45) is 0 Å². The highest BCUT2D eigenvalue weighted by Gasteiger charge is 2.23. The highest BCUT2D eigenvalue weighted by molar-refractivity contribution is 8.93. The second-order valence-electron chi connectivity index (χ2n) is 5.92. The van der Waals surface area contributed by atoms with Crippen LogP contribution in [0.4, 0.5) is 0 Å². The Morgan fingerprint density at radius 1 is 1.36 bits per heavy atom. The zero-order valence-corrected chi connectivity index (χ0v) is 14.6. The van der Waals surface area contributed by atoms with Gasteiger partial charge < -0.3 is 10.1 Å². The van der Waals surface area contributed by atoms with E-state index < -0.39 is 0 Å². The van der Waals surface area contributed by atoms with Gasteiger partial charge in [-0.25, -0.2) is 0 Å². The summed E-state index contributed by atoms with van der Waals surface area (Å²) in [6, 6.07) is 8.21. The van der Waals surface area contributed by atoms with Crippen LogP contribution in [-0.4, -0.2) is 40.7 Å². The number of hydrogen-bond acceptors (Lipinski definition) is 3. The van der Waals surface area contributed by atoms with Gasteiger partial charge in [0.2, 0.25) is 0 Å². The highest BCUT2D eigenvalue weighted by atomic mass is 79.9. The van der Waals surface area contributed by atoms with Crippen LogP contribution >= 0.6 is 17.0 Å². The molecule has 1 aliphatic heterocycles. The molecule has 1 aliphatic rings. The zero-order valence-electron chi connectivity index (χ0n) is 12.8. The Bertz CT molecular complexity index is 699. The molecular formula is C17H23BrN2O2. The quantitative estimate of drug-likeness (QED) is 0.873. The second-order valence-corrected chi connectivity index (χ2v) is 5.92. The highest BCUT2D eigenvalue weighted by Crippen LogP contribution is 2.18. The number of aromatic amines is 1. The van der Waals surface area contributed by atoms with Gasteiger partial charge in [0.25, 0.3) is 5.56 Å². The molecular weight excluding hydrogens is 344 g/mol. The molecule has 1 aromatic carbocycles. The molecule has 0 radical (unpaired) electrons. The predicted octanol–water partition coefficient (Wildman–Crippen LogP) is 2.41. The molecule has 1 fully saturated rings. The third-order valence-corrected chi connectivity index (χ3v) is 4.54. The Morgan fingerprint density at radius 2 is 2.18 bits per heavy atom. The summed E-state index contributed by atoms with van der Waals surface area (Å²) in [6.07, 6.45) is 3.04. The van der Waals surface area contributed by atoms with Gasteiger partial charge in [-0.1, -0.05) is 12.1 Å². The van der Waals surface area contributed by atoms with Gasteiger partial charge in [-0.3, -0.25) is 9.69 Å². The SMILES string of the molecule is Br.Cc1cccc2c(=O)[nH]c(CCN3CCCC3CO)cc12. The molecule has 2 aromatic rings. The monoisotopic (exact) mass is 366 g/mol. The van der Waals surface area contributed by atoms with Crippen molar-refractivity contribution in [2.45, 2.75) is 32.2 Å². The first-order chi connectivity index (χ1) is 10.2. The van der Waals surface area contributed by atoms with Crippen molar-refractivity contribution < 1.29 is 5.11 Å². The number of H-pyrrole nitrogens is 1. The van der Waals surface area contributed by atoms with E-state index >= 15 is 0 Å². The van der Waals surface area contributed by atoms with E-state index in [1.165, 1.54) is 0 Å².